The van der Waals surface area contributed by atoms with Gasteiger partial charge in [0, 0.05) is 26.1 Å². The maximum absolute atomic E-state index is 13.3. The number of urea groups is 1. The van der Waals surface area contributed by atoms with Crippen LogP contribution in [0.25, 0.3) is 5.69 Å². The Morgan fingerprint density at radius 3 is 2.57 bits per heavy atom. The van der Waals surface area contributed by atoms with Crippen molar-refractivity contribution in [1.29, 1.82) is 0 Å². The summed E-state index contributed by atoms with van der Waals surface area (Å²) in [6.45, 7) is 1.69. The Morgan fingerprint density at radius 2 is 1.93 bits per heavy atom. The number of para-hydroxylation sites is 1. The van der Waals surface area contributed by atoms with Crippen LogP contribution in [0.4, 0.5) is 23.8 Å². The highest BCUT2D eigenvalue weighted by atomic mass is 19.4. The number of imide groups is 1. The molecule has 1 aromatic carbocycles. The van der Waals surface area contributed by atoms with Crippen molar-refractivity contribution in [3.63, 3.8) is 0 Å². The fraction of sp³-hybridized carbons (Fsp3) is 0.368. The van der Waals surface area contributed by atoms with Crippen LogP contribution in [0.3, 0.4) is 0 Å². The minimum absolute atomic E-state index is 0.00209. The highest BCUT2D eigenvalue weighted by Crippen LogP contribution is 2.34. The third-order valence-electron chi connectivity index (χ3n) is 4.55. The van der Waals surface area contributed by atoms with Crippen LogP contribution in [0.5, 0.6) is 0 Å². The molecule has 4 amide bonds. The van der Waals surface area contributed by atoms with Gasteiger partial charge in [-0.2, -0.15) is 18.3 Å². The van der Waals surface area contributed by atoms with E-state index in [1.165, 1.54) is 36.2 Å². The molecule has 1 N–H and O–H groups in total. The number of carbonyl (C=O) groups is 3. The van der Waals surface area contributed by atoms with E-state index in [0.717, 1.165) is 15.6 Å². The average molecular weight is 423 g/mol. The Labute approximate surface area is 170 Å². The molecular formula is C19H20F3N5O3. The largest absolute Gasteiger partial charge is 0.418 e. The van der Waals surface area contributed by atoms with E-state index in [0.29, 0.717) is 5.69 Å². The number of alkyl halides is 3. The lowest BCUT2D eigenvalue weighted by Crippen LogP contribution is -2.33. The van der Waals surface area contributed by atoms with Crippen molar-refractivity contribution >= 4 is 23.7 Å². The molecule has 3 rings (SSSR count). The zero-order chi connectivity index (χ0) is 22.1. The van der Waals surface area contributed by atoms with Crippen molar-refractivity contribution in [2.45, 2.75) is 25.9 Å². The predicted molar refractivity (Wildman–Crippen MR) is 101 cm³/mol. The van der Waals surface area contributed by atoms with E-state index in [2.05, 4.69) is 10.4 Å². The number of rotatable bonds is 6. The van der Waals surface area contributed by atoms with E-state index in [1.54, 1.807) is 6.92 Å². The number of anilines is 1. The first kappa shape index (κ1) is 21.3. The van der Waals surface area contributed by atoms with Crippen molar-refractivity contribution in [3.05, 3.63) is 41.6 Å². The lowest BCUT2D eigenvalue weighted by atomic mass is 10.1. The van der Waals surface area contributed by atoms with Gasteiger partial charge in [0.25, 0.3) is 0 Å². The van der Waals surface area contributed by atoms with Crippen LogP contribution in [0, 0.1) is 6.92 Å². The van der Waals surface area contributed by atoms with E-state index in [-0.39, 0.29) is 43.3 Å². The minimum Gasteiger partial charge on any atom is -0.318 e. The van der Waals surface area contributed by atoms with Gasteiger partial charge in [-0.1, -0.05) is 12.1 Å². The molecule has 0 aliphatic carbocycles. The van der Waals surface area contributed by atoms with Gasteiger partial charge in [0.1, 0.15) is 12.4 Å². The molecule has 0 atom stereocenters. The first-order chi connectivity index (χ1) is 14.1. The lowest BCUT2D eigenvalue weighted by Gasteiger charge is -2.15. The molecule has 0 spiro atoms. The van der Waals surface area contributed by atoms with Crippen LogP contribution in [0.15, 0.2) is 30.3 Å². The average Bonchev–Trinajstić information content (AvgIpc) is 3.14. The molecule has 1 aliphatic heterocycles. The highest BCUT2D eigenvalue weighted by molar-refractivity contribution is 6.01. The number of hydrogen-bond donors (Lipinski definition) is 1. The van der Waals surface area contributed by atoms with Crippen molar-refractivity contribution in [3.8, 4) is 5.69 Å². The number of amides is 4. The van der Waals surface area contributed by atoms with Crippen molar-refractivity contribution in [2.24, 2.45) is 0 Å². The van der Waals surface area contributed by atoms with Gasteiger partial charge in [-0.05, 0) is 25.5 Å². The lowest BCUT2D eigenvalue weighted by molar-refractivity contribution is -0.137. The Kier molecular flexibility index (Phi) is 5.81. The fourth-order valence-electron chi connectivity index (χ4n) is 3.16. The zero-order valence-corrected chi connectivity index (χ0v) is 16.4. The van der Waals surface area contributed by atoms with Crippen LogP contribution < -0.4 is 5.32 Å². The Hall–Kier alpha value is -3.37. The standard InChI is InChI=1S/C19H20F3N5O3/c1-12-10-15(27(24-12)14-7-4-3-6-13(14)19(20,21)22)23-16(28)8-5-9-26-17(29)11-25(2)18(26)30/h3-4,6-7,10H,5,8-9,11H2,1-2H3,(H,23,28). The molecule has 160 valence electrons. The SMILES string of the molecule is Cc1cc(NC(=O)CCCN2C(=O)CN(C)C2=O)n(-c2ccccc2C(F)(F)F)n1. The van der Waals surface area contributed by atoms with E-state index in [4.69, 9.17) is 0 Å². The Bertz CT molecular complexity index is 986. The topological polar surface area (TPSA) is 87.5 Å². The van der Waals surface area contributed by atoms with Gasteiger partial charge in [-0.15, -0.1) is 0 Å². The molecule has 0 bridgehead atoms. The zero-order valence-electron chi connectivity index (χ0n) is 16.4. The molecule has 0 saturated carbocycles. The van der Waals surface area contributed by atoms with Gasteiger partial charge in [0.15, 0.2) is 0 Å². The second-order valence-corrected chi connectivity index (χ2v) is 6.93. The summed E-state index contributed by atoms with van der Waals surface area (Å²) < 4.78 is 41.1. The van der Waals surface area contributed by atoms with Crippen LogP contribution >= 0.6 is 0 Å². The predicted octanol–water partition coefficient (Wildman–Crippen LogP) is 2.81. The Morgan fingerprint density at radius 1 is 1.23 bits per heavy atom. The number of nitrogens with zero attached hydrogens (tertiary/aromatic N) is 4. The third-order valence-corrected chi connectivity index (χ3v) is 4.55. The second kappa shape index (κ2) is 8.17. The third kappa shape index (κ3) is 4.44. The molecule has 8 nitrogen and oxygen atoms in total. The van der Waals surface area contributed by atoms with Crippen molar-refractivity contribution in [2.75, 3.05) is 25.5 Å². The normalized spacial score (nSPS) is 14.6. The number of aryl methyl sites for hydroxylation is 1. The molecule has 11 heteroatoms. The molecule has 1 saturated heterocycles. The van der Waals surface area contributed by atoms with Gasteiger partial charge < -0.3 is 10.2 Å². The van der Waals surface area contributed by atoms with Crippen LogP contribution in [0.1, 0.15) is 24.1 Å². The van der Waals surface area contributed by atoms with E-state index >= 15 is 0 Å². The van der Waals surface area contributed by atoms with Gasteiger partial charge in [-0.25, -0.2) is 9.48 Å². The number of carbonyl (C=O) groups excluding carboxylic acids is 3. The molecule has 1 fully saturated rings. The molecule has 0 unspecified atom stereocenters. The summed E-state index contributed by atoms with van der Waals surface area (Å²) in [6, 6.07) is 5.99. The van der Waals surface area contributed by atoms with Gasteiger partial charge in [0.05, 0.1) is 16.9 Å². The summed E-state index contributed by atoms with van der Waals surface area (Å²) in [4.78, 5) is 38.2. The van der Waals surface area contributed by atoms with E-state index in [9.17, 15) is 27.6 Å². The molecule has 1 aliphatic rings. The summed E-state index contributed by atoms with van der Waals surface area (Å²) in [5.74, 6) is -0.698. The van der Waals surface area contributed by atoms with Crippen molar-refractivity contribution < 1.29 is 27.6 Å². The maximum atomic E-state index is 13.3. The van der Waals surface area contributed by atoms with Gasteiger partial charge >= 0.3 is 12.2 Å². The highest BCUT2D eigenvalue weighted by Gasteiger charge is 2.35. The first-order valence-electron chi connectivity index (χ1n) is 9.16. The monoisotopic (exact) mass is 423 g/mol. The number of aromatic nitrogens is 2. The van der Waals surface area contributed by atoms with Gasteiger partial charge in [-0.3, -0.25) is 14.5 Å². The number of likely N-dealkylation sites (N-methyl/N-ethyl adjacent to an activating group) is 1. The number of hydrogen-bond acceptors (Lipinski definition) is 4. The van der Waals surface area contributed by atoms with Crippen LogP contribution in [-0.2, 0) is 15.8 Å². The summed E-state index contributed by atoms with van der Waals surface area (Å²) in [6.07, 6.45) is -4.38. The molecule has 2 heterocycles. The molecular weight excluding hydrogens is 403 g/mol. The molecule has 2 aromatic rings. The molecule has 30 heavy (non-hydrogen) atoms. The number of benzene rings is 1. The summed E-state index contributed by atoms with van der Waals surface area (Å²) in [5.41, 5.74) is -0.651. The second-order valence-electron chi connectivity index (χ2n) is 6.93. The van der Waals surface area contributed by atoms with Crippen LogP contribution in [-0.4, -0.2) is 57.6 Å². The number of halogens is 3. The van der Waals surface area contributed by atoms with Crippen molar-refractivity contribution in [1.82, 2.24) is 19.6 Å². The quantitative estimate of drug-likeness (QED) is 0.724. The molecule has 1 aromatic heterocycles. The first-order valence-corrected chi connectivity index (χ1v) is 9.16. The molecule has 0 radical (unpaired) electrons. The fourth-order valence-corrected chi connectivity index (χ4v) is 3.16. The number of nitrogens with one attached hydrogen (secondary N) is 1. The van der Waals surface area contributed by atoms with E-state index < -0.39 is 23.7 Å². The van der Waals surface area contributed by atoms with Crippen LogP contribution in [0.2, 0.25) is 0 Å². The Balaban J connectivity index is 1.70. The summed E-state index contributed by atoms with van der Waals surface area (Å²) in [5, 5.41) is 6.64. The maximum Gasteiger partial charge on any atom is 0.418 e. The van der Waals surface area contributed by atoms with E-state index in [1.807, 2.05) is 0 Å². The summed E-state index contributed by atoms with van der Waals surface area (Å²) in [7, 11) is 1.51. The minimum atomic E-state index is -4.58. The van der Waals surface area contributed by atoms with Gasteiger partial charge in [0.2, 0.25) is 11.8 Å². The smallest absolute Gasteiger partial charge is 0.318 e. The summed E-state index contributed by atoms with van der Waals surface area (Å²) >= 11 is 0.